The van der Waals surface area contributed by atoms with Crippen LogP contribution in [0.5, 0.6) is 11.5 Å². The van der Waals surface area contributed by atoms with Gasteiger partial charge in [-0.05, 0) is 37.3 Å². The molecule has 0 bridgehead atoms. The van der Waals surface area contributed by atoms with Crippen LogP contribution in [0.25, 0.3) is 0 Å². The van der Waals surface area contributed by atoms with E-state index >= 15 is 0 Å². The fraction of sp³-hybridized carbons (Fsp3) is 0.0769. The van der Waals surface area contributed by atoms with Crippen molar-refractivity contribution in [2.75, 3.05) is 0 Å². The van der Waals surface area contributed by atoms with Crippen molar-refractivity contribution in [2.24, 2.45) is 0 Å². The highest BCUT2D eigenvalue weighted by Crippen LogP contribution is 2.26. The predicted octanol–water partition coefficient (Wildman–Crippen LogP) is 3.13. The molecule has 1 aromatic heterocycles. The summed E-state index contributed by atoms with van der Waals surface area (Å²) in [6, 6.07) is 7.46. The molecule has 2 rings (SSSR count). The van der Waals surface area contributed by atoms with Crippen molar-refractivity contribution in [1.29, 1.82) is 0 Å². The highest BCUT2D eigenvalue weighted by Gasteiger charge is 2.07. The van der Waals surface area contributed by atoms with Crippen molar-refractivity contribution in [3.63, 3.8) is 0 Å². The normalized spacial score (nSPS) is 10.0. The number of aromatic nitrogens is 1. The maximum absolute atomic E-state index is 13.6. The zero-order valence-corrected chi connectivity index (χ0v) is 9.18. The van der Waals surface area contributed by atoms with Gasteiger partial charge in [0.25, 0.3) is 0 Å². The van der Waals surface area contributed by atoms with Crippen LogP contribution in [0.15, 0.2) is 36.5 Å². The topological polar surface area (TPSA) is 39.2 Å². The number of benzene rings is 1. The number of carbonyl (C=O) groups is 1. The third kappa shape index (κ3) is 2.47. The molecule has 0 radical (unpaired) electrons. The van der Waals surface area contributed by atoms with Gasteiger partial charge < -0.3 is 4.74 Å². The van der Waals surface area contributed by atoms with Crippen LogP contribution in [0, 0.1) is 12.7 Å². The molecule has 0 aliphatic heterocycles. The Morgan fingerprint density at radius 2 is 2.12 bits per heavy atom. The molecule has 17 heavy (non-hydrogen) atoms. The molecule has 2 aromatic rings. The third-order valence-corrected chi connectivity index (χ3v) is 2.27. The van der Waals surface area contributed by atoms with Gasteiger partial charge in [0, 0.05) is 11.8 Å². The van der Waals surface area contributed by atoms with Gasteiger partial charge in [-0.1, -0.05) is 0 Å². The summed E-state index contributed by atoms with van der Waals surface area (Å²) in [7, 11) is 0. The summed E-state index contributed by atoms with van der Waals surface area (Å²) < 4.78 is 18.9. The Bertz CT molecular complexity index is 555. The van der Waals surface area contributed by atoms with Gasteiger partial charge in [-0.3, -0.25) is 9.78 Å². The number of hydrogen-bond donors (Lipinski definition) is 0. The van der Waals surface area contributed by atoms with Crippen molar-refractivity contribution in [3.05, 3.63) is 53.6 Å². The van der Waals surface area contributed by atoms with Gasteiger partial charge in [-0.15, -0.1) is 0 Å². The van der Waals surface area contributed by atoms with Gasteiger partial charge in [0.05, 0.1) is 5.69 Å². The summed E-state index contributed by atoms with van der Waals surface area (Å²) >= 11 is 0. The van der Waals surface area contributed by atoms with Crippen LogP contribution in [0.1, 0.15) is 16.1 Å². The third-order valence-electron chi connectivity index (χ3n) is 2.27. The first-order valence-electron chi connectivity index (χ1n) is 5.05. The lowest BCUT2D eigenvalue weighted by atomic mass is 10.2. The fourth-order valence-electron chi connectivity index (χ4n) is 1.37. The van der Waals surface area contributed by atoms with Gasteiger partial charge >= 0.3 is 0 Å². The van der Waals surface area contributed by atoms with Crippen LogP contribution in [-0.2, 0) is 0 Å². The number of aldehydes is 1. The van der Waals surface area contributed by atoms with E-state index < -0.39 is 5.82 Å². The van der Waals surface area contributed by atoms with Crippen molar-refractivity contribution < 1.29 is 13.9 Å². The first-order chi connectivity index (χ1) is 8.20. The second-order valence-corrected chi connectivity index (χ2v) is 3.50. The van der Waals surface area contributed by atoms with Gasteiger partial charge in [0.1, 0.15) is 12.0 Å². The lowest BCUT2D eigenvalue weighted by Crippen LogP contribution is -1.93. The van der Waals surface area contributed by atoms with Crippen LogP contribution in [0.3, 0.4) is 0 Å². The zero-order valence-electron chi connectivity index (χ0n) is 9.18. The maximum atomic E-state index is 13.6. The largest absolute Gasteiger partial charge is 0.452 e. The van der Waals surface area contributed by atoms with Gasteiger partial charge in [-0.2, -0.15) is 0 Å². The molecule has 0 N–H and O–H groups in total. The van der Waals surface area contributed by atoms with Gasteiger partial charge in [0.2, 0.25) is 0 Å². The Hall–Kier alpha value is -2.23. The van der Waals surface area contributed by atoms with Crippen LogP contribution in [0.2, 0.25) is 0 Å². The van der Waals surface area contributed by atoms with E-state index in [1.165, 1.54) is 12.1 Å². The smallest absolute Gasteiger partial charge is 0.166 e. The quantitative estimate of drug-likeness (QED) is 0.762. The van der Waals surface area contributed by atoms with E-state index in [0.717, 1.165) is 6.07 Å². The number of aryl methyl sites for hydroxylation is 1. The highest BCUT2D eigenvalue weighted by atomic mass is 19.1. The van der Waals surface area contributed by atoms with E-state index in [4.69, 9.17) is 4.74 Å². The van der Waals surface area contributed by atoms with Crippen molar-refractivity contribution >= 4 is 6.29 Å². The summed E-state index contributed by atoms with van der Waals surface area (Å²) in [4.78, 5) is 14.5. The number of nitrogens with zero attached hydrogens (tertiary/aromatic N) is 1. The van der Waals surface area contributed by atoms with Gasteiger partial charge in [-0.25, -0.2) is 4.39 Å². The van der Waals surface area contributed by atoms with Gasteiger partial charge in [0.15, 0.2) is 11.6 Å². The van der Waals surface area contributed by atoms with Crippen LogP contribution < -0.4 is 4.74 Å². The highest BCUT2D eigenvalue weighted by molar-refractivity contribution is 5.75. The minimum atomic E-state index is -0.571. The summed E-state index contributed by atoms with van der Waals surface area (Å²) in [5.41, 5.74) is 0.948. The number of pyridine rings is 1. The number of halogens is 1. The van der Waals surface area contributed by atoms with Crippen LogP contribution in [-0.4, -0.2) is 11.3 Å². The molecule has 4 heteroatoms. The molecule has 1 aromatic carbocycles. The average Bonchev–Trinajstić information content (AvgIpc) is 2.34. The molecule has 0 aliphatic rings. The molecule has 3 nitrogen and oxygen atoms in total. The van der Waals surface area contributed by atoms with E-state index in [-0.39, 0.29) is 11.3 Å². The minimum Gasteiger partial charge on any atom is -0.452 e. The van der Waals surface area contributed by atoms with E-state index in [9.17, 15) is 9.18 Å². The van der Waals surface area contributed by atoms with Crippen LogP contribution in [0.4, 0.5) is 4.39 Å². The van der Waals surface area contributed by atoms with Crippen molar-refractivity contribution in [3.8, 4) is 11.5 Å². The second-order valence-electron chi connectivity index (χ2n) is 3.50. The Balaban J connectivity index is 2.31. The minimum absolute atomic E-state index is 0.0756. The summed E-state index contributed by atoms with van der Waals surface area (Å²) in [6.45, 7) is 1.77. The average molecular weight is 231 g/mol. The van der Waals surface area contributed by atoms with Crippen molar-refractivity contribution in [2.45, 2.75) is 6.92 Å². The van der Waals surface area contributed by atoms with E-state index in [0.29, 0.717) is 17.7 Å². The van der Waals surface area contributed by atoms with E-state index in [1.807, 2.05) is 0 Å². The zero-order chi connectivity index (χ0) is 12.3. The second kappa shape index (κ2) is 4.74. The SMILES string of the molecule is Cc1ncccc1Oc1ccc(C=O)cc1F. The molecular formula is C13H10FNO2. The lowest BCUT2D eigenvalue weighted by Gasteiger charge is -2.08. The summed E-state index contributed by atoms with van der Waals surface area (Å²) in [6.07, 6.45) is 2.22. The molecule has 0 spiro atoms. The number of rotatable bonds is 3. The first-order valence-corrected chi connectivity index (χ1v) is 5.05. The van der Waals surface area contributed by atoms with E-state index in [1.54, 1.807) is 25.3 Å². The molecule has 1 heterocycles. The van der Waals surface area contributed by atoms with E-state index in [2.05, 4.69) is 4.98 Å². The Kier molecular flexibility index (Phi) is 3.14. The molecule has 0 saturated heterocycles. The molecule has 0 amide bonds. The van der Waals surface area contributed by atoms with Crippen LogP contribution >= 0.6 is 0 Å². The summed E-state index contributed by atoms with van der Waals surface area (Å²) in [5, 5.41) is 0. The fourth-order valence-corrected chi connectivity index (χ4v) is 1.37. The maximum Gasteiger partial charge on any atom is 0.166 e. The molecular weight excluding hydrogens is 221 g/mol. The molecule has 0 saturated carbocycles. The molecule has 0 aliphatic carbocycles. The number of carbonyl (C=O) groups excluding carboxylic acids is 1. The first kappa shape index (κ1) is 11.3. The standard InChI is InChI=1S/C13H10FNO2/c1-9-12(3-2-6-15-9)17-13-5-4-10(8-16)7-11(13)14/h2-8H,1H3. The number of hydrogen-bond acceptors (Lipinski definition) is 3. The molecule has 0 unspecified atom stereocenters. The molecule has 0 fully saturated rings. The Morgan fingerprint density at radius 1 is 1.29 bits per heavy atom. The van der Waals surface area contributed by atoms with Crippen molar-refractivity contribution in [1.82, 2.24) is 4.98 Å². The monoisotopic (exact) mass is 231 g/mol. The molecule has 0 atom stereocenters. The summed E-state index contributed by atoms with van der Waals surface area (Å²) in [5.74, 6) is -0.00481. The Labute approximate surface area is 97.9 Å². The lowest BCUT2D eigenvalue weighted by molar-refractivity contribution is 0.112. The predicted molar refractivity (Wildman–Crippen MR) is 60.8 cm³/mol. The number of ether oxygens (including phenoxy) is 1. The Morgan fingerprint density at radius 3 is 2.76 bits per heavy atom. The molecule has 86 valence electrons.